The summed E-state index contributed by atoms with van der Waals surface area (Å²) in [4.78, 5) is 22.8. The van der Waals surface area contributed by atoms with Crippen LogP contribution in [0.2, 0.25) is 0 Å². The highest BCUT2D eigenvalue weighted by Gasteiger charge is 2.23. The van der Waals surface area contributed by atoms with Gasteiger partial charge in [-0.2, -0.15) is 5.10 Å². The number of fused-ring (bicyclic) bond motifs is 1. The van der Waals surface area contributed by atoms with Gasteiger partial charge in [0.05, 0.1) is 30.3 Å². The van der Waals surface area contributed by atoms with Crippen molar-refractivity contribution in [2.45, 2.75) is 19.5 Å². The number of aromatic amines is 2. The summed E-state index contributed by atoms with van der Waals surface area (Å²) in [6, 6.07) is 15.2. The Kier molecular flexibility index (Phi) is 5.20. The van der Waals surface area contributed by atoms with E-state index in [0.717, 1.165) is 52.4 Å². The van der Waals surface area contributed by atoms with E-state index in [9.17, 15) is 4.79 Å². The number of nitrogens with one attached hydrogen (secondary N) is 2. The van der Waals surface area contributed by atoms with Crippen LogP contribution in [0.5, 0.6) is 5.75 Å². The van der Waals surface area contributed by atoms with Crippen LogP contribution >= 0.6 is 0 Å². The van der Waals surface area contributed by atoms with Gasteiger partial charge in [0.15, 0.2) is 0 Å². The molecule has 0 radical (unpaired) electrons. The fraction of sp³-hybridized carbons (Fsp3) is 0.208. The van der Waals surface area contributed by atoms with Crippen LogP contribution in [0.25, 0.3) is 22.6 Å². The minimum atomic E-state index is -0.0888. The van der Waals surface area contributed by atoms with E-state index in [1.807, 2.05) is 54.7 Å². The number of hydrogen-bond donors (Lipinski definition) is 3. The molecule has 0 fully saturated rings. The minimum Gasteiger partial charge on any atom is -0.497 e. The largest absolute Gasteiger partial charge is 0.497 e. The lowest BCUT2D eigenvalue weighted by molar-refractivity contribution is 0.242. The first-order chi connectivity index (χ1) is 15.6. The first-order valence-corrected chi connectivity index (χ1v) is 10.5. The van der Waals surface area contributed by atoms with Crippen LogP contribution in [0.3, 0.4) is 0 Å². The second kappa shape index (κ2) is 8.32. The number of rotatable bonds is 5. The third-order valence-electron chi connectivity index (χ3n) is 5.82. The zero-order valence-corrected chi connectivity index (χ0v) is 17.8. The average molecular weight is 428 g/mol. The maximum Gasteiger partial charge on any atom is 0.255 e. The van der Waals surface area contributed by atoms with Gasteiger partial charge in [0, 0.05) is 48.4 Å². The zero-order chi connectivity index (χ0) is 22.1. The summed E-state index contributed by atoms with van der Waals surface area (Å²) in [6.45, 7) is 2.06. The summed E-state index contributed by atoms with van der Waals surface area (Å²) in [6.07, 6.45) is 2.57. The van der Waals surface area contributed by atoms with Crippen molar-refractivity contribution >= 4 is 5.69 Å². The van der Waals surface area contributed by atoms with Gasteiger partial charge in [-0.1, -0.05) is 0 Å². The van der Waals surface area contributed by atoms with Crippen molar-refractivity contribution in [1.82, 2.24) is 25.1 Å². The van der Waals surface area contributed by atoms with Gasteiger partial charge in [0.25, 0.3) is 5.56 Å². The first kappa shape index (κ1) is 20.0. The molecule has 0 saturated carbocycles. The highest BCUT2D eigenvalue weighted by Crippen LogP contribution is 2.26. The molecule has 2 aromatic heterocycles. The first-order valence-electron chi connectivity index (χ1n) is 10.5. The van der Waals surface area contributed by atoms with Crippen molar-refractivity contribution in [1.29, 1.82) is 0 Å². The number of aromatic nitrogens is 4. The Morgan fingerprint density at radius 3 is 2.59 bits per heavy atom. The fourth-order valence-corrected chi connectivity index (χ4v) is 4.07. The monoisotopic (exact) mass is 428 g/mol. The van der Waals surface area contributed by atoms with Gasteiger partial charge >= 0.3 is 0 Å². The number of benzene rings is 2. The quantitative estimate of drug-likeness (QED) is 0.421. The van der Waals surface area contributed by atoms with Crippen LogP contribution in [0, 0.1) is 0 Å². The number of hydrogen-bond acceptors (Lipinski definition) is 6. The van der Waals surface area contributed by atoms with Crippen molar-refractivity contribution in [3.8, 4) is 28.4 Å². The molecule has 3 heterocycles. The molecule has 1 aliphatic heterocycles. The van der Waals surface area contributed by atoms with Crippen LogP contribution in [-0.4, -0.2) is 38.7 Å². The summed E-state index contributed by atoms with van der Waals surface area (Å²) in [7, 11) is 1.65. The molecule has 4 aromatic rings. The smallest absolute Gasteiger partial charge is 0.255 e. The van der Waals surface area contributed by atoms with E-state index in [1.54, 1.807) is 7.11 Å². The highest BCUT2D eigenvalue weighted by atomic mass is 16.5. The topological polar surface area (TPSA) is 113 Å². The molecule has 0 unspecified atom stereocenters. The number of H-pyrrole nitrogens is 2. The van der Waals surface area contributed by atoms with Crippen molar-refractivity contribution in [2.24, 2.45) is 0 Å². The molecule has 0 spiro atoms. The Morgan fingerprint density at radius 2 is 1.84 bits per heavy atom. The van der Waals surface area contributed by atoms with Gasteiger partial charge in [0.1, 0.15) is 11.6 Å². The van der Waals surface area contributed by atoms with E-state index >= 15 is 0 Å². The lowest BCUT2D eigenvalue weighted by atomic mass is 10.0. The Bertz CT molecular complexity index is 1290. The lowest BCUT2D eigenvalue weighted by Crippen LogP contribution is -2.35. The molecule has 8 nitrogen and oxygen atoms in total. The van der Waals surface area contributed by atoms with E-state index < -0.39 is 0 Å². The third kappa shape index (κ3) is 3.88. The average Bonchev–Trinajstić information content (AvgIpc) is 3.28. The van der Waals surface area contributed by atoms with E-state index in [-0.39, 0.29) is 5.56 Å². The van der Waals surface area contributed by atoms with E-state index in [2.05, 4.69) is 20.1 Å². The molecule has 0 atom stereocenters. The maximum absolute atomic E-state index is 12.8. The number of anilines is 1. The third-order valence-corrected chi connectivity index (χ3v) is 5.82. The van der Waals surface area contributed by atoms with Gasteiger partial charge in [-0.3, -0.25) is 14.8 Å². The number of ether oxygens (including phenoxy) is 1. The van der Waals surface area contributed by atoms with Gasteiger partial charge in [0.2, 0.25) is 0 Å². The summed E-state index contributed by atoms with van der Waals surface area (Å²) >= 11 is 0. The van der Waals surface area contributed by atoms with Crippen LogP contribution in [0.4, 0.5) is 5.69 Å². The molecule has 0 bridgehead atoms. The second-order valence-electron chi connectivity index (χ2n) is 7.92. The zero-order valence-electron chi connectivity index (χ0n) is 17.8. The number of methoxy groups -OCH3 is 1. The number of nitrogen functional groups attached to an aromatic ring is 1. The number of nitrogens with zero attached hydrogens (tertiary/aromatic N) is 3. The van der Waals surface area contributed by atoms with Gasteiger partial charge < -0.3 is 15.5 Å². The molecule has 32 heavy (non-hydrogen) atoms. The van der Waals surface area contributed by atoms with Gasteiger partial charge in [-0.15, -0.1) is 0 Å². The van der Waals surface area contributed by atoms with Crippen molar-refractivity contribution in [3.63, 3.8) is 0 Å². The summed E-state index contributed by atoms with van der Waals surface area (Å²) in [5.74, 6) is 1.39. The molecule has 1 aliphatic rings. The molecule has 5 rings (SSSR count). The lowest BCUT2D eigenvalue weighted by Gasteiger charge is -2.27. The van der Waals surface area contributed by atoms with Crippen LogP contribution in [0.1, 0.15) is 16.8 Å². The van der Waals surface area contributed by atoms with Crippen molar-refractivity contribution in [2.75, 3.05) is 19.4 Å². The highest BCUT2D eigenvalue weighted by molar-refractivity contribution is 5.63. The fourth-order valence-electron chi connectivity index (χ4n) is 4.07. The van der Waals surface area contributed by atoms with Crippen molar-refractivity contribution in [3.05, 3.63) is 81.9 Å². The Balaban J connectivity index is 1.36. The predicted molar refractivity (Wildman–Crippen MR) is 123 cm³/mol. The maximum atomic E-state index is 12.8. The molecule has 4 N–H and O–H groups in total. The number of nitrogens with two attached hydrogens (primary N) is 1. The van der Waals surface area contributed by atoms with E-state index in [4.69, 9.17) is 15.5 Å². The predicted octanol–water partition coefficient (Wildman–Crippen LogP) is 2.98. The van der Waals surface area contributed by atoms with Crippen LogP contribution < -0.4 is 16.0 Å². The molecule has 162 valence electrons. The SMILES string of the molecule is COc1ccc(-c2[nH]ncc2CN2CCc3nc(-c4ccc(N)cc4)[nH]c(=O)c3C2)cc1. The Morgan fingerprint density at radius 1 is 1.09 bits per heavy atom. The standard InChI is InChI=1S/C24H24N6O2/c1-32-19-8-4-15(5-9-19)22-17(12-26-29-22)13-30-11-10-21-20(14-30)24(31)28-23(27-21)16-2-6-18(25)7-3-16/h2-9,12H,10-11,13-14,25H2,1H3,(H,26,29)(H,27,28,31). The van der Waals surface area contributed by atoms with Crippen LogP contribution in [-0.2, 0) is 19.5 Å². The van der Waals surface area contributed by atoms with E-state index in [0.29, 0.717) is 24.6 Å². The second-order valence-corrected chi connectivity index (χ2v) is 7.92. The molecular weight excluding hydrogens is 404 g/mol. The van der Waals surface area contributed by atoms with Crippen LogP contribution in [0.15, 0.2) is 59.5 Å². The molecule has 8 heteroatoms. The summed E-state index contributed by atoms with van der Waals surface area (Å²) in [5, 5.41) is 7.35. The van der Waals surface area contributed by atoms with Gasteiger partial charge in [-0.05, 0) is 48.5 Å². The summed E-state index contributed by atoms with van der Waals surface area (Å²) < 4.78 is 5.25. The normalized spacial score (nSPS) is 13.7. The Labute approximate surface area is 185 Å². The molecule has 0 saturated heterocycles. The Hall–Kier alpha value is -3.91. The molecular formula is C24H24N6O2. The molecule has 0 amide bonds. The molecule has 2 aromatic carbocycles. The van der Waals surface area contributed by atoms with Gasteiger partial charge in [-0.25, -0.2) is 4.98 Å². The summed E-state index contributed by atoms with van der Waals surface area (Å²) in [5.41, 5.74) is 11.9. The minimum absolute atomic E-state index is 0.0888. The van der Waals surface area contributed by atoms with Crippen molar-refractivity contribution < 1.29 is 4.74 Å². The molecule has 0 aliphatic carbocycles. The van der Waals surface area contributed by atoms with E-state index in [1.165, 1.54) is 0 Å².